The van der Waals surface area contributed by atoms with Crippen molar-refractivity contribution in [1.29, 1.82) is 0 Å². The molecule has 0 atom stereocenters. The molecule has 0 spiro atoms. The molecule has 0 heterocycles. The lowest BCUT2D eigenvalue weighted by atomic mass is 10.6. The van der Waals surface area contributed by atoms with E-state index in [9.17, 15) is 0 Å². The fourth-order valence-electron chi connectivity index (χ4n) is 1.50. The van der Waals surface area contributed by atoms with Crippen molar-refractivity contribution in [3.05, 3.63) is 33.8 Å². The zero-order valence-electron chi connectivity index (χ0n) is 11.8. The third kappa shape index (κ3) is 7.16. The molecule has 1 nitrogen and oxygen atoms in total. The highest BCUT2D eigenvalue weighted by Gasteiger charge is 2.07. The second kappa shape index (κ2) is 8.92. The molecule has 16 heavy (non-hydrogen) atoms. The van der Waals surface area contributed by atoms with E-state index in [4.69, 9.17) is 0 Å². The van der Waals surface area contributed by atoms with Gasteiger partial charge in [-0.25, -0.2) is 0 Å². The molecule has 92 valence electrons. The van der Waals surface area contributed by atoms with E-state index in [1.165, 1.54) is 0 Å². The van der Waals surface area contributed by atoms with E-state index in [-0.39, 0.29) is 29.0 Å². The monoisotopic (exact) mass is 269 g/mol. The molecule has 4 heteroatoms. The first-order chi connectivity index (χ1) is 7.53. The molecule has 0 aromatic carbocycles. The Hall–Kier alpha value is -0.169. The lowest BCUT2D eigenvalue weighted by Gasteiger charge is -2.23. The van der Waals surface area contributed by atoms with E-state index in [1.54, 1.807) is 15.6 Å². The van der Waals surface area contributed by atoms with Crippen molar-refractivity contribution in [2.45, 2.75) is 41.5 Å². The van der Waals surface area contributed by atoms with E-state index in [0.29, 0.717) is 0 Å². The maximum Gasteiger partial charge on any atom is 0.108 e. The lowest BCUT2D eigenvalue weighted by molar-refractivity contribution is 1.08. The quantitative estimate of drug-likeness (QED) is 0.657. The van der Waals surface area contributed by atoms with E-state index < -0.39 is 0 Å². The molecule has 0 aromatic heterocycles. The maximum atomic E-state index is 2.90. The van der Waals surface area contributed by atoms with Crippen molar-refractivity contribution < 1.29 is 0 Å². The molecule has 0 saturated carbocycles. The van der Waals surface area contributed by atoms with Gasteiger partial charge in [0.1, 0.15) is 29.0 Å². The molecular weight excluding hydrogens is 242 g/mol. The summed E-state index contributed by atoms with van der Waals surface area (Å²) in [5.74, 6) is 0. The predicted octanol–water partition coefficient (Wildman–Crippen LogP) is 1.31. The van der Waals surface area contributed by atoms with Crippen LogP contribution in [0.2, 0.25) is 0 Å². The van der Waals surface area contributed by atoms with Gasteiger partial charge < -0.3 is 3.90 Å². The van der Waals surface area contributed by atoms with Crippen LogP contribution in [-0.2, 0) is 0 Å². The Morgan fingerprint density at radius 1 is 0.688 bits per heavy atom. The van der Waals surface area contributed by atoms with Gasteiger partial charge in [0.25, 0.3) is 0 Å². The van der Waals surface area contributed by atoms with Crippen LogP contribution in [0.15, 0.2) is 33.8 Å². The summed E-state index contributed by atoms with van der Waals surface area (Å²) in [7, 11) is -0.355. The average Bonchev–Trinajstić information content (AvgIpc) is 2.28. The number of rotatable bonds is 6. The van der Waals surface area contributed by atoms with Gasteiger partial charge in [-0.1, -0.05) is 33.8 Å². The lowest BCUT2D eigenvalue weighted by Crippen LogP contribution is -2.37. The first-order valence-electron chi connectivity index (χ1n) is 6.11. The highest BCUT2D eigenvalue weighted by atomic mass is 28.4. The SMILES string of the molecule is CC=C(C)[SiH2]N([SiH2]C(C)=CC)[SiH2]C(C)=CC. The van der Waals surface area contributed by atoms with Gasteiger partial charge in [0, 0.05) is 0 Å². The van der Waals surface area contributed by atoms with Crippen LogP contribution in [-0.4, -0.2) is 32.9 Å². The molecule has 0 fully saturated rings. The standard InChI is InChI=1S/C12H27NSi3/c1-7-10(4)14-13(15-11(5)8-2)16-12(6)9-3/h7-9H,14-16H2,1-6H3. The number of hydrogen-bond acceptors (Lipinski definition) is 1. The van der Waals surface area contributed by atoms with E-state index in [0.717, 1.165) is 0 Å². The second-order valence-corrected chi connectivity index (χ2v) is 14.2. The zero-order valence-corrected chi connectivity index (χ0v) is 16.0. The summed E-state index contributed by atoms with van der Waals surface area (Å²) in [5.41, 5.74) is 0. The van der Waals surface area contributed by atoms with Crippen LogP contribution >= 0.6 is 0 Å². The predicted molar refractivity (Wildman–Crippen MR) is 85.8 cm³/mol. The summed E-state index contributed by atoms with van der Waals surface area (Å²) in [6.07, 6.45) is 6.91. The second-order valence-electron chi connectivity index (χ2n) is 4.55. The van der Waals surface area contributed by atoms with Gasteiger partial charge in [0.15, 0.2) is 0 Å². The average molecular weight is 270 g/mol. The fourth-order valence-corrected chi connectivity index (χ4v) is 11.9. The van der Waals surface area contributed by atoms with Gasteiger partial charge in [-0.05, 0) is 41.5 Å². The van der Waals surface area contributed by atoms with Crippen LogP contribution in [0, 0.1) is 0 Å². The molecule has 0 aliphatic heterocycles. The van der Waals surface area contributed by atoms with E-state index in [2.05, 4.69) is 63.7 Å². The van der Waals surface area contributed by atoms with Crippen molar-refractivity contribution in [3.8, 4) is 0 Å². The topological polar surface area (TPSA) is 3.24 Å². The minimum absolute atomic E-state index is 0.118. The van der Waals surface area contributed by atoms with Gasteiger partial charge in [-0.3, -0.25) is 0 Å². The number of nitrogens with zero attached hydrogens (tertiary/aromatic N) is 1. The molecular formula is C12H27NSi3. The minimum Gasteiger partial charge on any atom is -0.373 e. The molecule has 0 saturated heterocycles. The molecule has 0 unspecified atom stereocenters. The Kier molecular flexibility index (Phi) is 8.83. The Labute approximate surface area is 108 Å². The van der Waals surface area contributed by atoms with Gasteiger partial charge >= 0.3 is 0 Å². The number of allylic oxidation sites excluding steroid dienone is 6. The first kappa shape index (κ1) is 15.8. The van der Waals surface area contributed by atoms with Crippen molar-refractivity contribution in [3.63, 3.8) is 0 Å². The molecule has 0 N–H and O–H groups in total. The van der Waals surface area contributed by atoms with Crippen molar-refractivity contribution in [2.24, 2.45) is 0 Å². The molecule has 0 aliphatic carbocycles. The highest BCUT2D eigenvalue weighted by Crippen LogP contribution is 2.01. The molecule has 0 radical (unpaired) electrons. The highest BCUT2D eigenvalue weighted by molar-refractivity contribution is 6.73. The third-order valence-electron chi connectivity index (χ3n) is 2.90. The Morgan fingerprint density at radius 2 is 0.938 bits per heavy atom. The normalized spacial score (nSPS) is 17.1. The Balaban J connectivity index is 4.50. The zero-order chi connectivity index (χ0) is 12.6. The van der Waals surface area contributed by atoms with Crippen molar-refractivity contribution >= 4 is 29.0 Å². The van der Waals surface area contributed by atoms with Gasteiger partial charge in [-0.15, -0.1) is 0 Å². The van der Waals surface area contributed by atoms with Gasteiger partial charge in [0.2, 0.25) is 0 Å². The van der Waals surface area contributed by atoms with E-state index in [1.807, 2.05) is 0 Å². The largest absolute Gasteiger partial charge is 0.373 e. The summed E-state index contributed by atoms with van der Waals surface area (Å²) < 4.78 is 2.90. The minimum atomic E-state index is -0.118. The first-order valence-corrected chi connectivity index (χ1v) is 10.1. The summed E-state index contributed by atoms with van der Waals surface area (Å²) in [4.78, 5) is 0. The Bertz CT molecular complexity index is 245. The van der Waals surface area contributed by atoms with Crippen LogP contribution in [0.25, 0.3) is 0 Å². The van der Waals surface area contributed by atoms with Crippen LogP contribution < -0.4 is 0 Å². The summed E-state index contributed by atoms with van der Waals surface area (Å²) in [6, 6.07) is 0. The fraction of sp³-hybridized carbons (Fsp3) is 0.500. The molecule has 0 amide bonds. The van der Waals surface area contributed by atoms with Crippen molar-refractivity contribution in [1.82, 2.24) is 3.90 Å². The van der Waals surface area contributed by atoms with Crippen LogP contribution in [0.5, 0.6) is 0 Å². The van der Waals surface area contributed by atoms with Gasteiger partial charge in [-0.2, -0.15) is 0 Å². The number of hydrogen-bond donors (Lipinski definition) is 0. The van der Waals surface area contributed by atoms with E-state index >= 15 is 0 Å². The summed E-state index contributed by atoms with van der Waals surface area (Å²) in [6.45, 7) is 13.4. The molecule has 0 rings (SSSR count). The van der Waals surface area contributed by atoms with Crippen LogP contribution in [0.3, 0.4) is 0 Å². The molecule has 0 aliphatic rings. The third-order valence-corrected chi connectivity index (χ3v) is 11.0. The molecule has 0 aromatic rings. The van der Waals surface area contributed by atoms with Crippen LogP contribution in [0.1, 0.15) is 41.5 Å². The summed E-state index contributed by atoms with van der Waals surface area (Å²) >= 11 is 0. The maximum absolute atomic E-state index is 2.90. The Morgan fingerprint density at radius 3 is 1.12 bits per heavy atom. The molecule has 0 bridgehead atoms. The van der Waals surface area contributed by atoms with Crippen molar-refractivity contribution in [2.75, 3.05) is 0 Å². The smallest absolute Gasteiger partial charge is 0.108 e. The van der Waals surface area contributed by atoms with Crippen LogP contribution in [0.4, 0.5) is 0 Å². The summed E-state index contributed by atoms with van der Waals surface area (Å²) in [5, 5.41) is 4.94. The van der Waals surface area contributed by atoms with Gasteiger partial charge in [0.05, 0.1) is 0 Å².